The van der Waals surface area contributed by atoms with Crippen molar-refractivity contribution in [3.63, 3.8) is 0 Å². The number of hydrogen-bond acceptors (Lipinski definition) is 6. The third kappa shape index (κ3) is 5.17. The van der Waals surface area contributed by atoms with E-state index in [2.05, 4.69) is 0 Å². The predicted molar refractivity (Wildman–Crippen MR) is 94.7 cm³/mol. The Labute approximate surface area is 152 Å². The standard InChI is InChI=1S/C17H23FN2O5S/c1-11(2)8-20(13-5-6-26(23,24)10-13)16(21)9-25-17(22)14-4-3-12(18)7-15(14)19/h3-4,7,11,13H,5-6,8-10,19H2,1-2H3. The van der Waals surface area contributed by atoms with Crippen molar-refractivity contribution in [3.05, 3.63) is 29.6 Å². The van der Waals surface area contributed by atoms with Crippen molar-refractivity contribution >= 4 is 27.4 Å². The number of nitrogens with two attached hydrogens (primary N) is 1. The molecule has 2 N–H and O–H groups in total. The lowest BCUT2D eigenvalue weighted by atomic mass is 10.1. The molecule has 1 unspecified atom stereocenters. The first-order valence-corrected chi connectivity index (χ1v) is 10.1. The second kappa shape index (κ2) is 8.03. The molecule has 0 aromatic heterocycles. The van der Waals surface area contributed by atoms with E-state index in [0.29, 0.717) is 13.0 Å². The summed E-state index contributed by atoms with van der Waals surface area (Å²) in [6.07, 6.45) is 0.375. The fourth-order valence-electron chi connectivity index (χ4n) is 2.88. The van der Waals surface area contributed by atoms with E-state index in [4.69, 9.17) is 10.5 Å². The summed E-state index contributed by atoms with van der Waals surface area (Å²) in [6.45, 7) is 3.66. The highest BCUT2D eigenvalue weighted by atomic mass is 32.2. The van der Waals surface area contributed by atoms with Crippen molar-refractivity contribution in [2.45, 2.75) is 26.3 Å². The Morgan fingerprint density at radius 3 is 2.62 bits per heavy atom. The van der Waals surface area contributed by atoms with Gasteiger partial charge in [-0.3, -0.25) is 4.79 Å². The van der Waals surface area contributed by atoms with Gasteiger partial charge in [0.1, 0.15) is 5.82 Å². The maximum atomic E-state index is 13.0. The molecule has 0 spiro atoms. The molecule has 26 heavy (non-hydrogen) atoms. The summed E-state index contributed by atoms with van der Waals surface area (Å²) in [5.41, 5.74) is 5.47. The van der Waals surface area contributed by atoms with Crippen molar-refractivity contribution in [2.24, 2.45) is 5.92 Å². The van der Waals surface area contributed by atoms with Gasteiger partial charge >= 0.3 is 5.97 Å². The lowest BCUT2D eigenvalue weighted by Gasteiger charge is -2.29. The number of rotatable bonds is 6. The van der Waals surface area contributed by atoms with E-state index in [0.717, 1.165) is 12.1 Å². The van der Waals surface area contributed by atoms with Crippen molar-refractivity contribution in [1.82, 2.24) is 4.90 Å². The molecular formula is C17H23FN2O5S. The summed E-state index contributed by atoms with van der Waals surface area (Å²) in [5.74, 6) is -1.78. The molecule has 144 valence electrons. The minimum absolute atomic E-state index is 0.0296. The smallest absolute Gasteiger partial charge is 0.340 e. The van der Waals surface area contributed by atoms with Crippen LogP contribution in [-0.2, 0) is 19.4 Å². The van der Waals surface area contributed by atoms with Gasteiger partial charge in [0.05, 0.1) is 17.1 Å². The normalized spacial score (nSPS) is 18.7. The number of carbonyl (C=O) groups is 2. The van der Waals surface area contributed by atoms with Crippen LogP contribution in [-0.4, -0.2) is 55.9 Å². The Morgan fingerprint density at radius 2 is 2.08 bits per heavy atom. The lowest BCUT2D eigenvalue weighted by Crippen LogP contribution is -2.45. The highest BCUT2D eigenvalue weighted by Gasteiger charge is 2.35. The number of halogens is 1. The van der Waals surface area contributed by atoms with Gasteiger partial charge in [0.25, 0.3) is 5.91 Å². The minimum atomic E-state index is -3.15. The summed E-state index contributed by atoms with van der Waals surface area (Å²) in [7, 11) is -3.15. The zero-order valence-electron chi connectivity index (χ0n) is 14.8. The third-order valence-corrected chi connectivity index (χ3v) is 5.84. The zero-order chi connectivity index (χ0) is 19.5. The van der Waals surface area contributed by atoms with Gasteiger partial charge in [-0.25, -0.2) is 17.6 Å². The van der Waals surface area contributed by atoms with Crippen molar-refractivity contribution in [3.8, 4) is 0 Å². The zero-order valence-corrected chi connectivity index (χ0v) is 15.6. The number of hydrogen-bond donors (Lipinski definition) is 1. The summed E-state index contributed by atoms with van der Waals surface area (Å²) < 4.78 is 41.5. The summed E-state index contributed by atoms with van der Waals surface area (Å²) >= 11 is 0. The van der Waals surface area contributed by atoms with Crippen molar-refractivity contribution in [1.29, 1.82) is 0 Å². The highest BCUT2D eigenvalue weighted by Crippen LogP contribution is 2.20. The quantitative estimate of drug-likeness (QED) is 0.582. The van der Waals surface area contributed by atoms with E-state index in [1.54, 1.807) is 0 Å². The largest absolute Gasteiger partial charge is 0.452 e. The molecule has 1 aliphatic heterocycles. The van der Waals surface area contributed by atoms with Crippen LogP contribution < -0.4 is 5.73 Å². The second-order valence-corrected chi connectivity index (χ2v) is 9.03. The molecule has 7 nitrogen and oxygen atoms in total. The van der Waals surface area contributed by atoms with Gasteiger partial charge in [0.15, 0.2) is 16.4 Å². The van der Waals surface area contributed by atoms with Crippen LogP contribution in [0.4, 0.5) is 10.1 Å². The van der Waals surface area contributed by atoms with E-state index in [9.17, 15) is 22.4 Å². The molecule has 1 amide bonds. The average molecular weight is 386 g/mol. The van der Waals surface area contributed by atoms with Gasteiger partial charge in [0.2, 0.25) is 0 Å². The number of nitrogens with zero attached hydrogens (tertiary/aromatic N) is 1. The molecule has 1 atom stereocenters. The summed E-state index contributed by atoms with van der Waals surface area (Å²) in [4.78, 5) is 26.0. The number of nitrogen functional groups attached to an aromatic ring is 1. The Hall–Kier alpha value is -2.16. The van der Waals surface area contributed by atoms with E-state index >= 15 is 0 Å². The van der Waals surface area contributed by atoms with Gasteiger partial charge < -0.3 is 15.4 Å². The lowest BCUT2D eigenvalue weighted by molar-refractivity contribution is -0.137. The number of esters is 1. The Balaban J connectivity index is 2.03. The molecule has 1 saturated heterocycles. The molecule has 1 heterocycles. The molecule has 1 aromatic carbocycles. The molecule has 1 aromatic rings. The molecule has 0 radical (unpaired) electrons. The van der Waals surface area contributed by atoms with Gasteiger partial charge in [-0.1, -0.05) is 13.8 Å². The number of anilines is 1. The number of amides is 1. The van der Waals surface area contributed by atoms with Crippen LogP contribution in [0.25, 0.3) is 0 Å². The summed E-state index contributed by atoms with van der Waals surface area (Å²) in [6, 6.07) is 2.84. The summed E-state index contributed by atoms with van der Waals surface area (Å²) in [5, 5.41) is 0. The Kier molecular flexibility index (Phi) is 6.22. The number of sulfone groups is 1. The second-order valence-electron chi connectivity index (χ2n) is 6.80. The van der Waals surface area contributed by atoms with Crippen LogP contribution in [0.3, 0.4) is 0 Å². The van der Waals surface area contributed by atoms with E-state index in [-0.39, 0.29) is 28.7 Å². The molecular weight excluding hydrogens is 363 g/mol. The van der Waals surface area contributed by atoms with Crippen LogP contribution in [0.1, 0.15) is 30.6 Å². The van der Waals surface area contributed by atoms with Crippen LogP contribution in [0.2, 0.25) is 0 Å². The molecule has 0 aliphatic carbocycles. The first-order valence-electron chi connectivity index (χ1n) is 8.31. The van der Waals surface area contributed by atoms with Crippen LogP contribution in [0, 0.1) is 11.7 Å². The topological polar surface area (TPSA) is 107 Å². The van der Waals surface area contributed by atoms with Gasteiger partial charge in [-0.15, -0.1) is 0 Å². The monoisotopic (exact) mass is 386 g/mol. The first-order chi connectivity index (χ1) is 12.1. The fraction of sp³-hybridized carbons (Fsp3) is 0.529. The van der Waals surface area contributed by atoms with Gasteiger partial charge in [-0.2, -0.15) is 0 Å². The molecule has 0 bridgehead atoms. The predicted octanol–water partition coefficient (Wildman–Crippen LogP) is 1.24. The number of benzene rings is 1. The fourth-order valence-corrected chi connectivity index (χ4v) is 4.61. The number of carbonyl (C=O) groups excluding carboxylic acids is 2. The maximum absolute atomic E-state index is 13.0. The van der Waals surface area contributed by atoms with Crippen LogP contribution >= 0.6 is 0 Å². The SMILES string of the molecule is CC(C)CN(C(=O)COC(=O)c1ccc(F)cc1N)C1CCS(=O)(=O)C1. The minimum Gasteiger partial charge on any atom is -0.452 e. The van der Waals surface area contributed by atoms with Crippen molar-refractivity contribution in [2.75, 3.05) is 30.4 Å². The van der Waals surface area contributed by atoms with E-state index in [1.807, 2.05) is 13.8 Å². The van der Waals surface area contributed by atoms with Crippen LogP contribution in [0.15, 0.2) is 18.2 Å². The van der Waals surface area contributed by atoms with Crippen molar-refractivity contribution < 1.29 is 27.1 Å². The highest BCUT2D eigenvalue weighted by molar-refractivity contribution is 7.91. The van der Waals surface area contributed by atoms with E-state index < -0.39 is 40.2 Å². The molecule has 1 fully saturated rings. The molecule has 1 aliphatic rings. The number of ether oxygens (including phenoxy) is 1. The van der Waals surface area contributed by atoms with Crippen LogP contribution in [0.5, 0.6) is 0 Å². The Bertz CT molecular complexity index is 794. The third-order valence-electron chi connectivity index (χ3n) is 4.09. The maximum Gasteiger partial charge on any atom is 0.340 e. The van der Waals surface area contributed by atoms with E-state index in [1.165, 1.54) is 11.0 Å². The molecule has 9 heteroatoms. The van der Waals surface area contributed by atoms with Gasteiger partial charge in [-0.05, 0) is 30.5 Å². The average Bonchev–Trinajstić information content (AvgIpc) is 2.89. The molecule has 0 saturated carbocycles. The Morgan fingerprint density at radius 1 is 1.38 bits per heavy atom. The first kappa shape index (κ1) is 20.2. The van der Waals surface area contributed by atoms with Gasteiger partial charge in [0, 0.05) is 18.3 Å². The molecule has 2 rings (SSSR count).